The number of nitrogens with one attached hydrogen (secondary N) is 1. The van der Waals surface area contributed by atoms with Crippen molar-refractivity contribution >= 4 is 0 Å². The van der Waals surface area contributed by atoms with Gasteiger partial charge in [0.1, 0.15) is 0 Å². The van der Waals surface area contributed by atoms with E-state index in [0.717, 1.165) is 39.5 Å². The van der Waals surface area contributed by atoms with E-state index in [-0.39, 0.29) is 0 Å². The van der Waals surface area contributed by atoms with Crippen molar-refractivity contribution in [3.05, 3.63) is 0 Å². The molecule has 0 aromatic carbocycles. The number of hydrogen-bond acceptors (Lipinski definition) is 4. The smallest absolute Gasteiger partial charge is 0.0730 e. The van der Waals surface area contributed by atoms with Gasteiger partial charge in [-0.15, -0.1) is 0 Å². The van der Waals surface area contributed by atoms with E-state index >= 15 is 0 Å². The molecule has 2 saturated heterocycles. The third-order valence-corrected chi connectivity index (χ3v) is 5.47. The largest absolute Gasteiger partial charge is 0.381 e. The molecule has 4 heteroatoms. The maximum atomic E-state index is 5.96. The molecule has 3 unspecified atom stereocenters. The average molecular weight is 296 g/mol. The molecule has 3 fully saturated rings. The van der Waals surface area contributed by atoms with Crippen molar-refractivity contribution in [3.8, 4) is 0 Å². The Morgan fingerprint density at radius 2 is 2.19 bits per heavy atom. The van der Waals surface area contributed by atoms with Crippen LogP contribution in [0.15, 0.2) is 0 Å². The second-order valence-corrected chi connectivity index (χ2v) is 7.21. The van der Waals surface area contributed by atoms with E-state index in [2.05, 4.69) is 17.1 Å². The van der Waals surface area contributed by atoms with Gasteiger partial charge in [-0.05, 0) is 45.1 Å². The lowest BCUT2D eigenvalue weighted by Crippen LogP contribution is -2.56. The van der Waals surface area contributed by atoms with Crippen LogP contribution < -0.4 is 5.32 Å². The van der Waals surface area contributed by atoms with Gasteiger partial charge in [0.15, 0.2) is 0 Å². The first-order valence-electron chi connectivity index (χ1n) is 8.97. The van der Waals surface area contributed by atoms with Crippen LogP contribution in [0.4, 0.5) is 0 Å². The fourth-order valence-electron chi connectivity index (χ4n) is 4.39. The Morgan fingerprint density at radius 1 is 1.24 bits per heavy atom. The van der Waals surface area contributed by atoms with Crippen LogP contribution in [0.2, 0.25) is 0 Å². The second-order valence-electron chi connectivity index (χ2n) is 7.21. The van der Waals surface area contributed by atoms with Gasteiger partial charge in [-0.2, -0.15) is 0 Å². The van der Waals surface area contributed by atoms with Crippen LogP contribution in [-0.2, 0) is 9.47 Å². The number of hydrogen-bond donors (Lipinski definition) is 1. The highest BCUT2D eigenvalue weighted by Gasteiger charge is 2.41. The normalized spacial score (nSPS) is 37.6. The predicted molar refractivity (Wildman–Crippen MR) is 84.6 cm³/mol. The number of rotatable bonds is 6. The molecule has 21 heavy (non-hydrogen) atoms. The van der Waals surface area contributed by atoms with Gasteiger partial charge >= 0.3 is 0 Å². The average Bonchev–Trinajstić information content (AvgIpc) is 2.98. The summed E-state index contributed by atoms with van der Waals surface area (Å²) in [6.45, 7) is 9.56. The lowest BCUT2D eigenvalue weighted by atomic mass is 9.81. The summed E-state index contributed by atoms with van der Waals surface area (Å²) < 4.78 is 11.8. The van der Waals surface area contributed by atoms with Gasteiger partial charge in [0.05, 0.1) is 19.3 Å². The van der Waals surface area contributed by atoms with Crippen LogP contribution in [-0.4, -0.2) is 63.0 Å². The van der Waals surface area contributed by atoms with Crippen molar-refractivity contribution in [1.82, 2.24) is 10.2 Å². The summed E-state index contributed by atoms with van der Waals surface area (Å²) in [5.41, 5.74) is 0.317. The topological polar surface area (TPSA) is 33.7 Å². The Morgan fingerprint density at radius 3 is 3.00 bits per heavy atom. The summed E-state index contributed by atoms with van der Waals surface area (Å²) in [5.74, 6) is 0. The number of fused-ring (bicyclic) bond motifs is 1. The first kappa shape index (κ1) is 15.7. The van der Waals surface area contributed by atoms with Gasteiger partial charge in [-0.25, -0.2) is 0 Å². The van der Waals surface area contributed by atoms with Crippen molar-refractivity contribution in [1.29, 1.82) is 0 Å². The van der Waals surface area contributed by atoms with Gasteiger partial charge in [-0.1, -0.05) is 6.92 Å². The van der Waals surface area contributed by atoms with E-state index in [1.165, 1.54) is 45.1 Å². The van der Waals surface area contributed by atoms with E-state index in [0.29, 0.717) is 17.6 Å². The third kappa shape index (κ3) is 3.79. The lowest BCUT2D eigenvalue weighted by molar-refractivity contribution is -0.0892. The zero-order valence-electron chi connectivity index (χ0n) is 13.6. The summed E-state index contributed by atoms with van der Waals surface area (Å²) in [6.07, 6.45) is 8.15. The first-order valence-corrected chi connectivity index (χ1v) is 8.97. The van der Waals surface area contributed by atoms with E-state index < -0.39 is 0 Å². The molecule has 0 amide bonds. The van der Waals surface area contributed by atoms with Crippen molar-refractivity contribution < 1.29 is 9.47 Å². The van der Waals surface area contributed by atoms with Crippen LogP contribution in [0, 0.1) is 5.41 Å². The molecule has 2 heterocycles. The maximum Gasteiger partial charge on any atom is 0.0730 e. The van der Waals surface area contributed by atoms with Crippen LogP contribution >= 0.6 is 0 Å². The molecular formula is C17H32N2O2. The Kier molecular flexibility index (Phi) is 5.54. The van der Waals surface area contributed by atoms with Crippen LogP contribution in [0.25, 0.3) is 0 Å². The third-order valence-electron chi connectivity index (χ3n) is 5.47. The minimum Gasteiger partial charge on any atom is -0.381 e. The first-order chi connectivity index (χ1) is 10.3. The van der Waals surface area contributed by atoms with Crippen LogP contribution in [0.5, 0.6) is 0 Å². The second kappa shape index (κ2) is 7.40. The summed E-state index contributed by atoms with van der Waals surface area (Å²) in [4.78, 5) is 2.73. The van der Waals surface area contributed by atoms with Crippen molar-refractivity contribution in [2.45, 2.75) is 57.6 Å². The van der Waals surface area contributed by atoms with Gasteiger partial charge < -0.3 is 14.8 Å². The van der Waals surface area contributed by atoms with Crippen LogP contribution in [0.1, 0.15) is 45.4 Å². The molecule has 0 radical (unpaired) electrons. The fourth-order valence-corrected chi connectivity index (χ4v) is 4.39. The Labute approximate surface area is 129 Å². The van der Waals surface area contributed by atoms with E-state index in [9.17, 15) is 0 Å². The van der Waals surface area contributed by atoms with Gasteiger partial charge in [0, 0.05) is 37.7 Å². The Balaban J connectivity index is 1.62. The number of ether oxygens (including phenoxy) is 2. The van der Waals surface area contributed by atoms with E-state index in [1.54, 1.807) is 0 Å². The Bertz CT molecular complexity index is 318. The van der Waals surface area contributed by atoms with Gasteiger partial charge in [0.25, 0.3) is 0 Å². The summed E-state index contributed by atoms with van der Waals surface area (Å²) >= 11 is 0. The Hall–Kier alpha value is -0.160. The monoisotopic (exact) mass is 296 g/mol. The summed E-state index contributed by atoms with van der Waals surface area (Å²) in [6, 6.07) is 0.670. The molecule has 0 bridgehead atoms. The van der Waals surface area contributed by atoms with Crippen LogP contribution in [0.3, 0.4) is 0 Å². The molecule has 2 aliphatic heterocycles. The van der Waals surface area contributed by atoms with Gasteiger partial charge in [-0.3, -0.25) is 4.90 Å². The molecule has 1 aliphatic carbocycles. The van der Waals surface area contributed by atoms with Crippen molar-refractivity contribution in [3.63, 3.8) is 0 Å². The van der Waals surface area contributed by atoms with Crippen molar-refractivity contribution in [2.24, 2.45) is 5.41 Å². The molecule has 122 valence electrons. The minimum atomic E-state index is 0.317. The molecule has 1 saturated carbocycles. The quantitative estimate of drug-likeness (QED) is 0.761. The molecule has 3 atom stereocenters. The van der Waals surface area contributed by atoms with E-state index in [1.807, 2.05) is 0 Å². The zero-order valence-corrected chi connectivity index (χ0v) is 13.6. The summed E-state index contributed by atoms with van der Waals surface area (Å²) in [7, 11) is 0. The molecule has 3 aliphatic rings. The molecule has 0 spiro atoms. The minimum absolute atomic E-state index is 0.317. The maximum absolute atomic E-state index is 5.96. The highest BCUT2D eigenvalue weighted by Crippen LogP contribution is 2.35. The molecule has 4 nitrogen and oxygen atoms in total. The molecule has 0 aromatic heterocycles. The number of nitrogens with zero attached hydrogens (tertiary/aromatic N) is 1. The standard InChI is InChI=1S/C17H32N2O2/c1-2-8-18-12-17(7-4-10-20-14-17)13-19-9-11-21-16-6-3-5-15(16)19/h15-16,18H,2-14H2,1H3. The highest BCUT2D eigenvalue weighted by atomic mass is 16.5. The molecule has 3 rings (SSSR count). The molecule has 0 aromatic rings. The van der Waals surface area contributed by atoms with Gasteiger partial charge in [0.2, 0.25) is 0 Å². The SMILES string of the molecule is CCCNCC1(CN2CCOC3CCCC32)CCCOC1. The van der Waals surface area contributed by atoms with Crippen molar-refractivity contribution in [2.75, 3.05) is 46.0 Å². The molecule has 1 N–H and O–H groups in total. The fraction of sp³-hybridized carbons (Fsp3) is 1.00. The molecular weight excluding hydrogens is 264 g/mol. The zero-order chi connectivity index (χ0) is 14.5. The summed E-state index contributed by atoms with van der Waals surface area (Å²) in [5, 5.41) is 3.66. The predicted octanol–water partition coefficient (Wildman–Crippen LogP) is 2.04. The number of morpholine rings is 1. The highest BCUT2D eigenvalue weighted by molar-refractivity contribution is 4.94. The lowest BCUT2D eigenvalue weighted by Gasteiger charge is -2.46. The van der Waals surface area contributed by atoms with E-state index in [4.69, 9.17) is 9.47 Å².